The zero-order chi connectivity index (χ0) is 35.6. The summed E-state index contributed by atoms with van der Waals surface area (Å²) in [6, 6.07) is 11.0. The van der Waals surface area contributed by atoms with Crippen molar-refractivity contribution in [2.24, 2.45) is 23.7 Å². The van der Waals surface area contributed by atoms with Crippen LogP contribution in [0, 0.1) is 23.7 Å². The number of nitrogens with zero attached hydrogens (tertiary/aromatic N) is 2. The number of sulfonamides is 1. The predicted octanol–water partition coefficient (Wildman–Crippen LogP) is 6.19. The van der Waals surface area contributed by atoms with Gasteiger partial charge >= 0.3 is 0 Å². The van der Waals surface area contributed by atoms with Crippen LogP contribution < -0.4 is 14.4 Å². The fourth-order valence-corrected chi connectivity index (χ4v) is 9.54. The molecule has 10 nitrogen and oxygen atoms in total. The Hall–Kier alpha value is -2.86. The topological polar surface area (TPSA) is 114 Å². The highest BCUT2D eigenvalue weighted by molar-refractivity contribution is 7.90. The number of benzene rings is 2. The number of amides is 2. The van der Waals surface area contributed by atoms with Gasteiger partial charge in [-0.1, -0.05) is 31.0 Å². The van der Waals surface area contributed by atoms with Crippen molar-refractivity contribution in [3.05, 3.63) is 58.1 Å². The van der Waals surface area contributed by atoms with Gasteiger partial charge in [0.2, 0.25) is 15.9 Å². The molecule has 3 heterocycles. The molecule has 50 heavy (non-hydrogen) atoms. The SMILES string of the molecule is CC(=O)N(C)C1COC([C@H]2CCC[C@H](C)[C@@H](C)S(=O)(=O)NC(=O)c3ccc4c(c3)N(CCCCc3cc(Cl)ccc3CO4)C[C@@H]3CC[C@H]32)OC1. The van der Waals surface area contributed by atoms with Crippen molar-refractivity contribution >= 4 is 39.1 Å². The van der Waals surface area contributed by atoms with Crippen LogP contribution in [0.5, 0.6) is 5.75 Å². The van der Waals surface area contributed by atoms with Crippen LogP contribution >= 0.6 is 11.6 Å². The average molecular weight is 730 g/mol. The third kappa shape index (κ3) is 8.27. The zero-order valence-corrected chi connectivity index (χ0v) is 31.3. The average Bonchev–Trinajstić information content (AvgIpc) is 3.11. The molecule has 1 aliphatic carbocycles. The molecule has 4 aliphatic rings. The van der Waals surface area contributed by atoms with Gasteiger partial charge in [0.25, 0.3) is 5.91 Å². The first-order chi connectivity index (χ1) is 23.9. The standard InChI is InChI=1S/C38H52ClN3O7S/c1-24-8-7-10-34(38-48-22-32(23-49-38)41(4)26(3)43)33-15-12-29(33)20-42-17-6-5-9-27-18-31(39)14-11-30(27)21-47-36-16-13-28(19-35(36)42)37(44)40-50(45,46)25(24)2/h11,13-14,16,18-19,24-25,29,32-34,38H,5-10,12,15,17,20-23H2,1-4H3,(H,40,44)/t24-,25+,29-,32?,33+,34-,38?/m0/s1. The van der Waals surface area contributed by atoms with Crippen LogP contribution in [-0.2, 0) is 37.3 Å². The summed E-state index contributed by atoms with van der Waals surface area (Å²) in [6.07, 6.45) is 6.87. The first-order valence-electron chi connectivity index (χ1n) is 18.2. The molecule has 2 aromatic rings. The van der Waals surface area contributed by atoms with Gasteiger partial charge in [0.15, 0.2) is 6.29 Å². The largest absolute Gasteiger partial charge is 0.487 e. The number of anilines is 1. The molecule has 0 spiro atoms. The monoisotopic (exact) mass is 729 g/mol. The van der Waals surface area contributed by atoms with Crippen molar-refractivity contribution in [1.29, 1.82) is 0 Å². The van der Waals surface area contributed by atoms with Crippen molar-refractivity contribution in [1.82, 2.24) is 9.62 Å². The molecule has 5 atom stereocenters. The summed E-state index contributed by atoms with van der Waals surface area (Å²) in [5, 5.41) is -0.0510. The highest BCUT2D eigenvalue weighted by atomic mass is 35.5. The van der Waals surface area contributed by atoms with E-state index in [9.17, 15) is 18.0 Å². The van der Waals surface area contributed by atoms with E-state index < -0.39 is 21.2 Å². The smallest absolute Gasteiger partial charge is 0.264 e. The summed E-state index contributed by atoms with van der Waals surface area (Å²) >= 11 is 6.37. The number of hydrogen-bond acceptors (Lipinski definition) is 8. The summed E-state index contributed by atoms with van der Waals surface area (Å²) in [5.74, 6) is 0.704. The van der Waals surface area contributed by atoms with Gasteiger partial charge in [0, 0.05) is 43.6 Å². The molecule has 6 rings (SSSR count). The zero-order valence-electron chi connectivity index (χ0n) is 29.7. The number of hydrogen-bond donors (Lipinski definition) is 1. The molecule has 1 saturated heterocycles. The van der Waals surface area contributed by atoms with Gasteiger partial charge < -0.3 is 24.0 Å². The Kier molecular flexibility index (Phi) is 11.7. The van der Waals surface area contributed by atoms with Crippen molar-refractivity contribution in [2.45, 2.75) is 96.3 Å². The van der Waals surface area contributed by atoms with E-state index in [-0.39, 0.29) is 35.6 Å². The summed E-state index contributed by atoms with van der Waals surface area (Å²) in [4.78, 5) is 29.6. The normalized spacial score (nSPS) is 30.6. The van der Waals surface area contributed by atoms with Crippen molar-refractivity contribution in [3.8, 4) is 5.75 Å². The van der Waals surface area contributed by atoms with E-state index in [4.69, 9.17) is 25.8 Å². The third-order valence-electron chi connectivity index (χ3n) is 11.7. The molecule has 1 saturated carbocycles. The van der Waals surface area contributed by atoms with Crippen LogP contribution in [0.4, 0.5) is 5.69 Å². The quantitative estimate of drug-likeness (QED) is 0.389. The number of rotatable bonds is 2. The Bertz CT molecular complexity index is 1650. The number of likely N-dealkylation sites (N-methyl/N-ethyl adjacent to an activating group) is 1. The van der Waals surface area contributed by atoms with Crippen molar-refractivity contribution in [2.75, 3.05) is 38.3 Å². The first-order valence-corrected chi connectivity index (χ1v) is 20.2. The number of fused-ring (bicyclic) bond motifs is 3. The molecule has 274 valence electrons. The Balaban J connectivity index is 1.33. The number of halogens is 1. The molecular weight excluding hydrogens is 678 g/mol. The molecule has 12 heteroatoms. The van der Waals surface area contributed by atoms with Crippen LogP contribution in [0.3, 0.4) is 0 Å². The Labute approximate surface area is 302 Å². The van der Waals surface area contributed by atoms with Gasteiger partial charge in [-0.25, -0.2) is 13.1 Å². The minimum Gasteiger partial charge on any atom is -0.487 e. The van der Waals surface area contributed by atoms with E-state index in [0.717, 1.165) is 69.3 Å². The Morgan fingerprint density at radius 2 is 1.74 bits per heavy atom. The van der Waals surface area contributed by atoms with Crippen LogP contribution in [-0.4, -0.2) is 76.1 Å². The second kappa shape index (κ2) is 15.8. The third-order valence-corrected chi connectivity index (χ3v) is 13.9. The molecule has 0 unspecified atom stereocenters. The molecule has 1 N–H and O–H groups in total. The van der Waals surface area contributed by atoms with E-state index in [1.807, 2.05) is 25.1 Å². The van der Waals surface area contributed by atoms with Gasteiger partial charge in [-0.3, -0.25) is 9.59 Å². The van der Waals surface area contributed by atoms with E-state index in [0.29, 0.717) is 48.8 Å². The number of carbonyl (C=O) groups is 2. The fraction of sp³-hybridized carbons (Fsp3) is 0.632. The maximum Gasteiger partial charge on any atom is 0.264 e. The Morgan fingerprint density at radius 1 is 0.960 bits per heavy atom. The van der Waals surface area contributed by atoms with Gasteiger partial charge in [-0.05, 0) is 111 Å². The molecule has 2 fully saturated rings. The summed E-state index contributed by atoms with van der Waals surface area (Å²) in [7, 11) is -2.15. The highest BCUT2D eigenvalue weighted by Crippen LogP contribution is 2.46. The second-order valence-electron chi connectivity index (χ2n) is 14.9. The maximum absolute atomic E-state index is 13.5. The predicted molar refractivity (Wildman–Crippen MR) is 194 cm³/mol. The Morgan fingerprint density at radius 3 is 2.46 bits per heavy atom. The van der Waals surface area contributed by atoms with Crippen LogP contribution in [0.1, 0.15) is 87.2 Å². The number of carbonyl (C=O) groups excluding carboxylic acids is 2. The van der Waals surface area contributed by atoms with E-state index >= 15 is 0 Å². The summed E-state index contributed by atoms with van der Waals surface area (Å²) in [5.41, 5.74) is 3.33. The molecule has 2 bridgehead atoms. The lowest BCUT2D eigenvalue weighted by Crippen LogP contribution is -2.52. The van der Waals surface area contributed by atoms with E-state index in [1.165, 1.54) is 5.56 Å². The molecule has 0 aromatic heterocycles. The minimum absolute atomic E-state index is 0.0192. The lowest BCUT2D eigenvalue weighted by molar-refractivity contribution is -0.241. The molecule has 2 amide bonds. The highest BCUT2D eigenvalue weighted by Gasteiger charge is 2.44. The van der Waals surface area contributed by atoms with Crippen LogP contribution in [0.25, 0.3) is 0 Å². The van der Waals surface area contributed by atoms with Crippen LogP contribution in [0.2, 0.25) is 5.02 Å². The van der Waals surface area contributed by atoms with Gasteiger partial charge in [0.05, 0.1) is 30.2 Å². The molecular formula is C38H52ClN3O7S. The summed E-state index contributed by atoms with van der Waals surface area (Å²) < 4.78 is 48.6. The second-order valence-corrected chi connectivity index (χ2v) is 17.3. The lowest BCUT2D eigenvalue weighted by atomic mass is 9.65. The van der Waals surface area contributed by atoms with E-state index in [2.05, 4.69) is 9.62 Å². The van der Waals surface area contributed by atoms with E-state index in [1.54, 1.807) is 44.0 Å². The maximum atomic E-state index is 13.5. The number of ether oxygens (including phenoxy) is 3. The van der Waals surface area contributed by atoms with Gasteiger partial charge in [-0.15, -0.1) is 0 Å². The van der Waals surface area contributed by atoms with Crippen LogP contribution in [0.15, 0.2) is 36.4 Å². The summed E-state index contributed by atoms with van der Waals surface area (Å²) in [6.45, 7) is 7.90. The first kappa shape index (κ1) is 36.9. The lowest BCUT2D eigenvalue weighted by Gasteiger charge is -2.48. The minimum atomic E-state index is -3.94. The molecule has 3 aliphatic heterocycles. The number of aryl methyl sites for hydroxylation is 1. The van der Waals surface area contributed by atoms with Crippen molar-refractivity contribution < 1.29 is 32.2 Å². The van der Waals surface area contributed by atoms with Gasteiger partial charge in [-0.2, -0.15) is 0 Å². The van der Waals surface area contributed by atoms with Crippen molar-refractivity contribution in [3.63, 3.8) is 0 Å². The molecule has 0 radical (unpaired) electrons. The fourth-order valence-electron chi connectivity index (χ4n) is 8.03. The molecule has 2 aromatic carbocycles. The number of nitrogens with one attached hydrogen (secondary N) is 1. The van der Waals surface area contributed by atoms with Gasteiger partial charge in [0.1, 0.15) is 12.4 Å².